The van der Waals surface area contributed by atoms with Crippen LogP contribution in [0.2, 0.25) is 0 Å². The number of rotatable bonds is 6. The van der Waals surface area contributed by atoms with E-state index >= 15 is 0 Å². The maximum atomic E-state index is 12.2. The highest BCUT2D eigenvalue weighted by Crippen LogP contribution is 2.19. The molecule has 0 aliphatic rings. The lowest BCUT2D eigenvalue weighted by Gasteiger charge is -2.05. The molecule has 2 aromatic heterocycles. The Bertz CT molecular complexity index is 905. The Balaban J connectivity index is 1.63. The van der Waals surface area contributed by atoms with Crippen molar-refractivity contribution in [2.45, 2.75) is 19.2 Å². The Morgan fingerprint density at radius 2 is 1.88 bits per heavy atom. The van der Waals surface area contributed by atoms with Gasteiger partial charge in [-0.05, 0) is 24.6 Å². The summed E-state index contributed by atoms with van der Waals surface area (Å²) in [5.41, 5.74) is 3.41. The fraction of sp³-hybridized carbons (Fsp3) is 0.176. The van der Waals surface area contributed by atoms with Gasteiger partial charge in [-0.3, -0.25) is 4.98 Å². The molecule has 24 heavy (non-hydrogen) atoms. The minimum atomic E-state index is -3.40. The van der Waals surface area contributed by atoms with Crippen molar-refractivity contribution in [3.8, 4) is 11.4 Å². The van der Waals surface area contributed by atoms with Crippen molar-refractivity contribution in [3.05, 3.63) is 70.2 Å². The summed E-state index contributed by atoms with van der Waals surface area (Å²) >= 11 is 1.42. The lowest BCUT2D eigenvalue weighted by Crippen LogP contribution is -2.24. The predicted molar refractivity (Wildman–Crippen MR) is 96.0 cm³/mol. The first-order valence-corrected chi connectivity index (χ1v) is 9.94. The van der Waals surface area contributed by atoms with Gasteiger partial charge in [-0.25, -0.2) is 18.1 Å². The third-order valence-corrected chi connectivity index (χ3v) is 5.55. The lowest BCUT2D eigenvalue weighted by atomic mass is 10.2. The summed E-state index contributed by atoms with van der Waals surface area (Å²) in [5.74, 6) is -0.0360. The van der Waals surface area contributed by atoms with E-state index < -0.39 is 10.0 Å². The van der Waals surface area contributed by atoms with Crippen molar-refractivity contribution in [1.29, 1.82) is 0 Å². The number of pyridine rings is 1. The third kappa shape index (κ3) is 4.47. The number of aromatic nitrogens is 2. The fourth-order valence-corrected chi connectivity index (χ4v) is 4.06. The molecule has 0 atom stereocenters. The second kappa shape index (κ2) is 7.21. The first-order valence-electron chi connectivity index (χ1n) is 7.40. The summed E-state index contributed by atoms with van der Waals surface area (Å²) in [6, 6.07) is 13.1. The van der Waals surface area contributed by atoms with Crippen LogP contribution in [0.5, 0.6) is 0 Å². The Labute approximate surface area is 145 Å². The first-order chi connectivity index (χ1) is 11.5. The molecule has 0 saturated carbocycles. The zero-order valence-corrected chi connectivity index (χ0v) is 14.8. The minimum absolute atomic E-state index is 0.0360. The molecular weight excluding hydrogens is 342 g/mol. The maximum absolute atomic E-state index is 12.2. The molecule has 5 nitrogen and oxygen atoms in total. The summed E-state index contributed by atoms with van der Waals surface area (Å²) in [5, 5.41) is 2.59. The Morgan fingerprint density at radius 3 is 2.58 bits per heavy atom. The van der Waals surface area contributed by atoms with Crippen LogP contribution in [-0.4, -0.2) is 18.4 Å². The van der Waals surface area contributed by atoms with E-state index in [0.29, 0.717) is 5.01 Å². The van der Waals surface area contributed by atoms with E-state index in [4.69, 9.17) is 0 Å². The van der Waals surface area contributed by atoms with E-state index in [9.17, 15) is 8.42 Å². The largest absolute Gasteiger partial charge is 0.255 e. The molecule has 0 fully saturated rings. The summed E-state index contributed by atoms with van der Waals surface area (Å²) < 4.78 is 27.0. The van der Waals surface area contributed by atoms with Gasteiger partial charge in [0.05, 0.1) is 23.7 Å². The number of hydrogen-bond donors (Lipinski definition) is 1. The molecule has 0 bridgehead atoms. The second-order valence-corrected chi connectivity index (χ2v) is 8.16. The number of hydrogen-bond acceptors (Lipinski definition) is 5. The van der Waals surface area contributed by atoms with Gasteiger partial charge in [-0.15, -0.1) is 11.3 Å². The predicted octanol–water partition coefficient (Wildman–Crippen LogP) is 3.13. The van der Waals surface area contributed by atoms with Crippen LogP contribution in [0.4, 0.5) is 0 Å². The van der Waals surface area contributed by atoms with Gasteiger partial charge in [0.2, 0.25) is 10.0 Å². The zero-order valence-electron chi connectivity index (χ0n) is 13.1. The van der Waals surface area contributed by atoms with E-state index in [1.807, 2.05) is 54.8 Å². The minimum Gasteiger partial charge on any atom is -0.255 e. The van der Waals surface area contributed by atoms with E-state index in [-0.39, 0.29) is 12.3 Å². The number of aryl methyl sites for hydroxylation is 1. The summed E-state index contributed by atoms with van der Waals surface area (Å²) in [7, 11) is -3.40. The van der Waals surface area contributed by atoms with E-state index in [1.165, 1.54) is 11.3 Å². The Kier molecular flexibility index (Phi) is 5.03. The molecule has 3 rings (SSSR count). The van der Waals surface area contributed by atoms with Crippen molar-refractivity contribution in [2.75, 3.05) is 0 Å². The molecule has 0 amide bonds. The van der Waals surface area contributed by atoms with Gasteiger partial charge >= 0.3 is 0 Å². The Hall–Kier alpha value is -2.09. The van der Waals surface area contributed by atoms with Crippen LogP contribution < -0.4 is 4.72 Å². The van der Waals surface area contributed by atoms with Crippen molar-refractivity contribution in [2.24, 2.45) is 0 Å². The number of nitrogens with zero attached hydrogens (tertiary/aromatic N) is 2. The van der Waals surface area contributed by atoms with E-state index in [1.54, 1.807) is 6.20 Å². The van der Waals surface area contributed by atoms with Crippen LogP contribution in [-0.2, 0) is 22.3 Å². The van der Waals surface area contributed by atoms with Gasteiger partial charge in [0.25, 0.3) is 0 Å². The second-order valence-electron chi connectivity index (χ2n) is 5.41. The van der Waals surface area contributed by atoms with Crippen LogP contribution in [0.15, 0.2) is 54.0 Å². The molecule has 1 N–H and O–H groups in total. The van der Waals surface area contributed by atoms with Gasteiger partial charge in [0, 0.05) is 11.6 Å². The molecule has 3 aromatic rings. The van der Waals surface area contributed by atoms with Crippen molar-refractivity contribution in [1.82, 2.24) is 14.7 Å². The Morgan fingerprint density at radius 1 is 1.08 bits per heavy atom. The molecule has 0 spiro atoms. The maximum Gasteiger partial charge on any atom is 0.216 e. The van der Waals surface area contributed by atoms with Gasteiger partial charge in [-0.1, -0.05) is 35.9 Å². The molecule has 0 saturated heterocycles. The molecule has 0 aliphatic heterocycles. The number of benzene rings is 1. The lowest BCUT2D eigenvalue weighted by molar-refractivity contribution is 0.580. The molecule has 124 valence electrons. The SMILES string of the molecule is Cc1ccc(CS(=O)(=O)NCc2nc(-c3ccccn3)cs2)cc1. The molecule has 1 aromatic carbocycles. The quantitative estimate of drug-likeness (QED) is 0.734. The molecule has 7 heteroatoms. The average Bonchev–Trinajstić information content (AvgIpc) is 3.05. The molecule has 0 unspecified atom stereocenters. The fourth-order valence-electron chi connectivity index (χ4n) is 2.15. The summed E-state index contributed by atoms with van der Waals surface area (Å²) in [4.78, 5) is 8.67. The van der Waals surface area contributed by atoms with Crippen LogP contribution in [0.1, 0.15) is 16.1 Å². The average molecular weight is 359 g/mol. The van der Waals surface area contributed by atoms with Crippen molar-refractivity contribution >= 4 is 21.4 Å². The molecule has 2 heterocycles. The third-order valence-electron chi connectivity index (χ3n) is 3.40. The van der Waals surface area contributed by atoms with Gasteiger partial charge < -0.3 is 0 Å². The highest BCUT2D eigenvalue weighted by Gasteiger charge is 2.13. The number of sulfonamides is 1. The van der Waals surface area contributed by atoms with Crippen LogP contribution in [0.3, 0.4) is 0 Å². The van der Waals surface area contributed by atoms with Crippen LogP contribution in [0, 0.1) is 6.92 Å². The van der Waals surface area contributed by atoms with Gasteiger partial charge in [0.1, 0.15) is 5.01 Å². The number of nitrogens with one attached hydrogen (secondary N) is 1. The molecule has 0 aliphatic carbocycles. The normalized spacial score (nSPS) is 11.5. The molecule has 0 radical (unpaired) electrons. The topological polar surface area (TPSA) is 72.0 Å². The standard InChI is InChI=1S/C17H17N3O2S2/c1-13-5-7-14(8-6-13)12-24(21,22)19-10-17-20-16(11-23-17)15-4-2-3-9-18-15/h2-9,11,19H,10,12H2,1H3. The number of thiazole rings is 1. The molecular formula is C17H17N3O2S2. The first kappa shape index (κ1) is 16.8. The summed E-state index contributed by atoms with van der Waals surface area (Å²) in [6.07, 6.45) is 1.71. The highest BCUT2D eigenvalue weighted by atomic mass is 32.2. The van der Waals surface area contributed by atoms with Crippen LogP contribution in [0.25, 0.3) is 11.4 Å². The van der Waals surface area contributed by atoms with Crippen molar-refractivity contribution in [3.63, 3.8) is 0 Å². The van der Waals surface area contributed by atoms with Gasteiger partial charge in [0.15, 0.2) is 0 Å². The summed E-state index contributed by atoms with van der Waals surface area (Å²) in [6.45, 7) is 2.16. The van der Waals surface area contributed by atoms with E-state index in [2.05, 4.69) is 14.7 Å². The van der Waals surface area contributed by atoms with Crippen molar-refractivity contribution < 1.29 is 8.42 Å². The smallest absolute Gasteiger partial charge is 0.216 e. The van der Waals surface area contributed by atoms with Crippen LogP contribution >= 0.6 is 11.3 Å². The zero-order chi connectivity index (χ0) is 17.0. The van der Waals surface area contributed by atoms with E-state index in [0.717, 1.165) is 22.5 Å². The monoisotopic (exact) mass is 359 g/mol. The van der Waals surface area contributed by atoms with Gasteiger partial charge in [-0.2, -0.15) is 0 Å². The highest BCUT2D eigenvalue weighted by molar-refractivity contribution is 7.88.